The second-order valence-electron chi connectivity index (χ2n) is 5.97. The van der Waals surface area contributed by atoms with Gasteiger partial charge in [-0.15, -0.1) is 0 Å². The van der Waals surface area contributed by atoms with Crippen molar-refractivity contribution >= 4 is 38.9 Å². The number of para-hydroxylation sites is 1. The molecule has 5 heteroatoms. The standard InChI is InChI=1S/C21H15BrN2O2/c22-15-5-3-4-14(12-15)13-23-20-18-6-1-2-7-19(18)24(21(20)26)16-8-10-17(25)11-9-16/h1-12,25H,13H2. The number of nitrogens with zero attached hydrogens (tertiary/aromatic N) is 2. The number of carbonyl (C=O) groups is 1. The highest BCUT2D eigenvalue weighted by atomic mass is 79.9. The van der Waals surface area contributed by atoms with Crippen molar-refractivity contribution in [2.45, 2.75) is 6.54 Å². The van der Waals surface area contributed by atoms with Gasteiger partial charge in [0.15, 0.2) is 0 Å². The number of amides is 1. The molecule has 3 aromatic rings. The third kappa shape index (κ3) is 3.02. The Kier molecular flexibility index (Phi) is 4.31. The fourth-order valence-corrected chi connectivity index (χ4v) is 3.46. The van der Waals surface area contributed by atoms with E-state index in [4.69, 9.17) is 0 Å². The number of phenolic OH excluding ortho intramolecular Hbond substituents is 1. The first-order chi connectivity index (χ1) is 12.6. The first-order valence-electron chi connectivity index (χ1n) is 8.15. The van der Waals surface area contributed by atoms with Crippen molar-refractivity contribution in [1.82, 2.24) is 0 Å². The second-order valence-corrected chi connectivity index (χ2v) is 6.88. The molecule has 0 atom stereocenters. The van der Waals surface area contributed by atoms with E-state index in [2.05, 4.69) is 20.9 Å². The molecule has 4 nitrogen and oxygen atoms in total. The van der Waals surface area contributed by atoms with Crippen LogP contribution in [0.25, 0.3) is 0 Å². The fourth-order valence-electron chi connectivity index (χ4n) is 3.02. The lowest BCUT2D eigenvalue weighted by molar-refractivity contribution is -0.111. The maximum atomic E-state index is 13.1. The molecule has 3 aromatic carbocycles. The Labute approximate surface area is 159 Å². The smallest absolute Gasteiger partial charge is 0.281 e. The monoisotopic (exact) mass is 406 g/mol. The minimum Gasteiger partial charge on any atom is -0.508 e. The lowest BCUT2D eigenvalue weighted by Gasteiger charge is -2.16. The molecular formula is C21H15BrN2O2. The van der Waals surface area contributed by atoms with Gasteiger partial charge in [-0.2, -0.15) is 0 Å². The number of benzene rings is 3. The molecule has 0 spiro atoms. The van der Waals surface area contributed by atoms with Gasteiger partial charge in [-0.05, 0) is 48.0 Å². The molecular weight excluding hydrogens is 392 g/mol. The van der Waals surface area contributed by atoms with Gasteiger partial charge < -0.3 is 5.11 Å². The summed E-state index contributed by atoms with van der Waals surface area (Å²) in [4.78, 5) is 19.3. The molecule has 0 bridgehead atoms. The molecule has 0 saturated carbocycles. The summed E-state index contributed by atoms with van der Waals surface area (Å²) in [6, 6.07) is 22.1. The Bertz CT molecular complexity index is 1010. The Balaban J connectivity index is 1.73. The summed E-state index contributed by atoms with van der Waals surface area (Å²) in [5.74, 6) is 0.00381. The summed E-state index contributed by atoms with van der Waals surface area (Å²) in [7, 11) is 0. The van der Waals surface area contributed by atoms with Crippen LogP contribution in [0.5, 0.6) is 5.75 Å². The molecule has 0 aliphatic carbocycles. The molecule has 0 unspecified atom stereocenters. The molecule has 0 fully saturated rings. The Morgan fingerprint density at radius 3 is 2.50 bits per heavy atom. The van der Waals surface area contributed by atoms with Crippen molar-refractivity contribution in [3.05, 3.63) is 88.4 Å². The van der Waals surface area contributed by atoms with Crippen LogP contribution in [0.1, 0.15) is 11.1 Å². The van der Waals surface area contributed by atoms with Crippen LogP contribution < -0.4 is 4.90 Å². The maximum Gasteiger partial charge on any atom is 0.281 e. The Hall–Kier alpha value is -2.92. The van der Waals surface area contributed by atoms with E-state index in [-0.39, 0.29) is 11.7 Å². The number of aromatic hydroxyl groups is 1. The van der Waals surface area contributed by atoms with Gasteiger partial charge in [0, 0.05) is 15.7 Å². The first-order valence-corrected chi connectivity index (χ1v) is 8.94. The van der Waals surface area contributed by atoms with Crippen LogP contribution in [0.15, 0.2) is 82.3 Å². The zero-order valence-corrected chi connectivity index (χ0v) is 15.3. The van der Waals surface area contributed by atoms with Crippen LogP contribution in [-0.2, 0) is 11.3 Å². The van der Waals surface area contributed by atoms with Gasteiger partial charge in [-0.25, -0.2) is 0 Å². The van der Waals surface area contributed by atoms with E-state index in [1.165, 1.54) is 0 Å². The molecule has 1 N–H and O–H groups in total. The second kappa shape index (κ2) is 6.77. The minimum atomic E-state index is -0.160. The average molecular weight is 407 g/mol. The molecule has 128 valence electrons. The van der Waals surface area contributed by atoms with Gasteiger partial charge in [-0.1, -0.05) is 46.3 Å². The number of hydrogen-bond acceptors (Lipinski definition) is 3. The number of phenols is 1. The molecule has 0 saturated heterocycles. The third-order valence-electron chi connectivity index (χ3n) is 4.22. The number of carbonyl (C=O) groups excluding carboxylic acids is 1. The van der Waals surface area contributed by atoms with E-state index >= 15 is 0 Å². The number of hydrogen-bond donors (Lipinski definition) is 1. The highest BCUT2D eigenvalue weighted by Crippen LogP contribution is 2.36. The SMILES string of the molecule is O=C1C(=NCc2cccc(Br)c2)c2ccccc2N1c1ccc(O)cc1. The van der Waals surface area contributed by atoms with Crippen molar-refractivity contribution in [1.29, 1.82) is 0 Å². The fraction of sp³-hybridized carbons (Fsp3) is 0.0476. The Morgan fingerprint density at radius 2 is 1.73 bits per heavy atom. The predicted octanol–water partition coefficient (Wildman–Crippen LogP) is 4.82. The average Bonchev–Trinajstić information content (AvgIpc) is 2.92. The van der Waals surface area contributed by atoms with Crippen LogP contribution in [-0.4, -0.2) is 16.7 Å². The van der Waals surface area contributed by atoms with Gasteiger partial charge in [0.2, 0.25) is 0 Å². The van der Waals surface area contributed by atoms with Crippen LogP contribution >= 0.6 is 15.9 Å². The van der Waals surface area contributed by atoms with Crippen molar-refractivity contribution in [2.24, 2.45) is 4.99 Å². The van der Waals surface area contributed by atoms with Gasteiger partial charge in [0.05, 0.1) is 12.2 Å². The summed E-state index contributed by atoms with van der Waals surface area (Å²) >= 11 is 3.46. The van der Waals surface area contributed by atoms with Crippen LogP contribution in [0.3, 0.4) is 0 Å². The molecule has 0 aromatic heterocycles. The largest absolute Gasteiger partial charge is 0.508 e. The normalized spacial score (nSPS) is 14.7. The topological polar surface area (TPSA) is 52.9 Å². The summed E-state index contributed by atoms with van der Waals surface area (Å²) in [6.07, 6.45) is 0. The van der Waals surface area contributed by atoms with E-state index in [1.54, 1.807) is 29.2 Å². The number of rotatable bonds is 3. The van der Waals surface area contributed by atoms with Crippen LogP contribution in [0.4, 0.5) is 11.4 Å². The van der Waals surface area contributed by atoms with Crippen molar-refractivity contribution in [3.63, 3.8) is 0 Å². The van der Waals surface area contributed by atoms with Crippen LogP contribution in [0, 0.1) is 0 Å². The van der Waals surface area contributed by atoms with E-state index in [1.807, 2.05) is 48.5 Å². The van der Waals surface area contributed by atoms with E-state index in [0.29, 0.717) is 17.9 Å². The van der Waals surface area contributed by atoms with Gasteiger partial charge in [-0.3, -0.25) is 14.7 Å². The maximum absolute atomic E-state index is 13.1. The zero-order chi connectivity index (χ0) is 18.1. The number of aliphatic imine (C=N–C) groups is 1. The highest BCUT2D eigenvalue weighted by molar-refractivity contribution is 9.10. The number of anilines is 2. The predicted molar refractivity (Wildman–Crippen MR) is 106 cm³/mol. The van der Waals surface area contributed by atoms with Gasteiger partial charge in [0.25, 0.3) is 5.91 Å². The molecule has 1 aliphatic rings. The van der Waals surface area contributed by atoms with E-state index in [9.17, 15) is 9.90 Å². The van der Waals surface area contributed by atoms with Crippen molar-refractivity contribution in [3.8, 4) is 5.75 Å². The first kappa shape index (κ1) is 16.5. The number of fused-ring (bicyclic) bond motifs is 1. The van der Waals surface area contributed by atoms with Gasteiger partial charge in [0.1, 0.15) is 11.5 Å². The molecule has 1 amide bonds. The zero-order valence-electron chi connectivity index (χ0n) is 13.8. The summed E-state index contributed by atoms with van der Waals surface area (Å²) < 4.78 is 0.985. The lowest BCUT2D eigenvalue weighted by Crippen LogP contribution is -2.25. The molecule has 1 aliphatic heterocycles. The quantitative estimate of drug-likeness (QED) is 0.677. The van der Waals surface area contributed by atoms with E-state index < -0.39 is 0 Å². The Morgan fingerprint density at radius 1 is 0.962 bits per heavy atom. The molecule has 0 radical (unpaired) electrons. The summed E-state index contributed by atoms with van der Waals surface area (Å²) in [5.41, 5.74) is 3.80. The minimum absolute atomic E-state index is 0.160. The molecule has 1 heterocycles. The van der Waals surface area contributed by atoms with Gasteiger partial charge >= 0.3 is 0 Å². The summed E-state index contributed by atoms with van der Waals surface area (Å²) in [5, 5.41) is 9.51. The lowest BCUT2D eigenvalue weighted by atomic mass is 10.1. The van der Waals surface area contributed by atoms with Crippen molar-refractivity contribution < 1.29 is 9.90 Å². The summed E-state index contributed by atoms with van der Waals surface area (Å²) in [6.45, 7) is 0.429. The van der Waals surface area contributed by atoms with E-state index in [0.717, 1.165) is 21.3 Å². The highest BCUT2D eigenvalue weighted by Gasteiger charge is 2.34. The molecule has 26 heavy (non-hydrogen) atoms. The van der Waals surface area contributed by atoms with Crippen LogP contribution in [0.2, 0.25) is 0 Å². The third-order valence-corrected chi connectivity index (χ3v) is 4.72. The molecule has 4 rings (SSSR count). The number of halogens is 1. The van der Waals surface area contributed by atoms with Crippen molar-refractivity contribution in [2.75, 3.05) is 4.90 Å².